The van der Waals surface area contributed by atoms with Gasteiger partial charge >= 0.3 is 0 Å². The molecule has 5 nitrogen and oxygen atoms in total. The highest BCUT2D eigenvalue weighted by Crippen LogP contribution is 2.24. The molecule has 0 aliphatic carbocycles. The van der Waals surface area contributed by atoms with Gasteiger partial charge in [-0.05, 0) is 30.4 Å². The van der Waals surface area contributed by atoms with E-state index >= 15 is 0 Å². The standard InChI is InChI=1S/C14H22N2O3S/c1-11(17)13-6-7-16(9-13)20(18,19)10-14-5-3-2-4-12(14)8-15/h2-5,11,13,17H,6-10,15H2,1H3. The van der Waals surface area contributed by atoms with Gasteiger partial charge in [0.2, 0.25) is 10.0 Å². The molecule has 1 aromatic rings. The Labute approximate surface area is 120 Å². The fourth-order valence-electron chi connectivity index (χ4n) is 2.59. The average molecular weight is 298 g/mol. The largest absolute Gasteiger partial charge is 0.393 e. The van der Waals surface area contributed by atoms with E-state index in [0.29, 0.717) is 19.6 Å². The molecule has 2 atom stereocenters. The fraction of sp³-hybridized carbons (Fsp3) is 0.571. The first-order valence-electron chi connectivity index (χ1n) is 6.87. The number of hydrogen-bond donors (Lipinski definition) is 2. The lowest BCUT2D eigenvalue weighted by atomic mass is 10.0. The lowest BCUT2D eigenvalue weighted by molar-refractivity contribution is 0.133. The van der Waals surface area contributed by atoms with Crippen LogP contribution in [-0.2, 0) is 22.3 Å². The minimum atomic E-state index is -3.35. The summed E-state index contributed by atoms with van der Waals surface area (Å²) in [5, 5.41) is 9.57. The Kier molecular flexibility index (Phi) is 4.80. The lowest BCUT2D eigenvalue weighted by Gasteiger charge is -2.18. The molecule has 1 aliphatic heterocycles. The molecule has 0 saturated carbocycles. The van der Waals surface area contributed by atoms with Crippen LogP contribution in [0.3, 0.4) is 0 Å². The van der Waals surface area contributed by atoms with Crippen molar-refractivity contribution in [1.29, 1.82) is 0 Å². The fourth-order valence-corrected chi connectivity index (χ4v) is 4.24. The lowest BCUT2D eigenvalue weighted by Crippen LogP contribution is -2.31. The van der Waals surface area contributed by atoms with Gasteiger partial charge in [-0.15, -0.1) is 0 Å². The number of benzene rings is 1. The molecule has 2 rings (SSSR count). The van der Waals surface area contributed by atoms with E-state index in [0.717, 1.165) is 17.5 Å². The Morgan fingerprint density at radius 2 is 2.05 bits per heavy atom. The monoisotopic (exact) mass is 298 g/mol. The zero-order valence-corrected chi connectivity index (χ0v) is 12.5. The van der Waals surface area contributed by atoms with Gasteiger partial charge < -0.3 is 10.8 Å². The smallest absolute Gasteiger partial charge is 0.218 e. The minimum Gasteiger partial charge on any atom is -0.393 e. The molecule has 0 aromatic heterocycles. The van der Waals surface area contributed by atoms with E-state index in [1.165, 1.54) is 4.31 Å². The van der Waals surface area contributed by atoms with Crippen molar-refractivity contribution in [3.05, 3.63) is 35.4 Å². The summed E-state index contributed by atoms with van der Waals surface area (Å²) in [6.45, 7) is 2.94. The third-order valence-electron chi connectivity index (χ3n) is 3.94. The predicted octanol–water partition coefficient (Wildman–Crippen LogP) is 0.678. The van der Waals surface area contributed by atoms with Gasteiger partial charge in [-0.2, -0.15) is 0 Å². The van der Waals surface area contributed by atoms with Crippen LogP contribution >= 0.6 is 0 Å². The molecular weight excluding hydrogens is 276 g/mol. The van der Waals surface area contributed by atoms with Crippen molar-refractivity contribution in [2.75, 3.05) is 13.1 Å². The highest BCUT2D eigenvalue weighted by molar-refractivity contribution is 7.88. The van der Waals surface area contributed by atoms with Crippen molar-refractivity contribution < 1.29 is 13.5 Å². The van der Waals surface area contributed by atoms with Gasteiger partial charge in [-0.3, -0.25) is 0 Å². The highest BCUT2D eigenvalue weighted by atomic mass is 32.2. The maximum absolute atomic E-state index is 12.4. The van der Waals surface area contributed by atoms with E-state index in [1.807, 2.05) is 24.3 Å². The number of aliphatic hydroxyl groups is 1. The zero-order chi connectivity index (χ0) is 14.8. The van der Waals surface area contributed by atoms with E-state index in [4.69, 9.17) is 5.73 Å². The molecule has 6 heteroatoms. The van der Waals surface area contributed by atoms with E-state index in [-0.39, 0.29) is 11.7 Å². The van der Waals surface area contributed by atoms with Gasteiger partial charge in [0.05, 0.1) is 11.9 Å². The Hall–Kier alpha value is -0.950. The van der Waals surface area contributed by atoms with Crippen LogP contribution < -0.4 is 5.73 Å². The van der Waals surface area contributed by atoms with Crippen molar-refractivity contribution in [1.82, 2.24) is 4.31 Å². The second-order valence-corrected chi connectivity index (χ2v) is 7.35. The Morgan fingerprint density at radius 1 is 1.40 bits per heavy atom. The molecule has 2 unspecified atom stereocenters. The van der Waals surface area contributed by atoms with Crippen LogP contribution in [0.1, 0.15) is 24.5 Å². The number of nitrogens with two attached hydrogens (primary N) is 1. The Bertz CT molecular complexity index is 557. The van der Waals surface area contributed by atoms with E-state index in [9.17, 15) is 13.5 Å². The van der Waals surface area contributed by atoms with Crippen molar-refractivity contribution in [2.45, 2.75) is 31.7 Å². The van der Waals surface area contributed by atoms with Gasteiger partial charge in [0, 0.05) is 19.6 Å². The number of aliphatic hydroxyl groups excluding tert-OH is 1. The number of hydrogen-bond acceptors (Lipinski definition) is 4. The van der Waals surface area contributed by atoms with Crippen LogP contribution in [-0.4, -0.2) is 37.0 Å². The molecular formula is C14H22N2O3S. The molecule has 1 heterocycles. The van der Waals surface area contributed by atoms with Gasteiger partial charge in [0.1, 0.15) is 0 Å². The molecule has 0 radical (unpaired) electrons. The number of rotatable bonds is 5. The molecule has 1 aromatic carbocycles. The summed E-state index contributed by atoms with van der Waals surface area (Å²) < 4.78 is 26.4. The zero-order valence-electron chi connectivity index (χ0n) is 11.7. The third-order valence-corrected chi connectivity index (χ3v) is 5.73. The molecule has 1 saturated heterocycles. The second kappa shape index (κ2) is 6.22. The van der Waals surface area contributed by atoms with Gasteiger partial charge in [-0.25, -0.2) is 12.7 Å². The number of sulfonamides is 1. The normalized spacial score (nSPS) is 22.1. The maximum atomic E-state index is 12.4. The molecule has 1 fully saturated rings. The summed E-state index contributed by atoms with van der Waals surface area (Å²) in [5.41, 5.74) is 7.27. The van der Waals surface area contributed by atoms with Crippen LogP contribution in [0.4, 0.5) is 0 Å². The quantitative estimate of drug-likeness (QED) is 0.837. The van der Waals surface area contributed by atoms with E-state index < -0.39 is 16.1 Å². The molecule has 3 N–H and O–H groups in total. The molecule has 112 valence electrons. The summed E-state index contributed by atoms with van der Waals surface area (Å²) in [7, 11) is -3.35. The first-order valence-corrected chi connectivity index (χ1v) is 8.47. The Morgan fingerprint density at radius 3 is 2.60 bits per heavy atom. The molecule has 1 aliphatic rings. The van der Waals surface area contributed by atoms with Crippen molar-refractivity contribution >= 4 is 10.0 Å². The van der Waals surface area contributed by atoms with Crippen LogP contribution in [0.5, 0.6) is 0 Å². The first kappa shape index (κ1) is 15.4. The van der Waals surface area contributed by atoms with Crippen LogP contribution in [0.2, 0.25) is 0 Å². The van der Waals surface area contributed by atoms with Crippen LogP contribution in [0, 0.1) is 5.92 Å². The van der Waals surface area contributed by atoms with Gasteiger partial charge in [0.15, 0.2) is 0 Å². The molecule has 20 heavy (non-hydrogen) atoms. The van der Waals surface area contributed by atoms with Gasteiger partial charge in [0.25, 0.3) is 0 Å². The maximum Gasteiger partial charge on any atom is 0.218 e. The van der Waals surface area contributed by atoms with Crippen molar-refractivity contribution in [3.8, 4) is 0 Å². The molecule has 0 bridgehead atoms. The average Bonchev–Trinajstić information content (AvgIpc) is 2.89. The van der Waals surface area contributed by atoms with E-state index in [2.05, 4.69) is 0 Å². The highest BCUT2D eigenvalue weighted by Gasteiger charge is 2.33. The summed E-state index contributed by atoms with van der Waals surface area (Å²) >= 11 is 0. The molecule has 0 amide bonds. The second-order valence-electron chi connectivity index (χ2n) is 5.38. The van der Waals surface area contributed by atoms with Crippen molar-refractivity contribution in [2.24, 2.45) is 11.7 Å². The predicted molar refractivity (Wildman–Crippen MR) is 78.3 cm³/mol. The Balaban J connectivity index is 2.12. The van der Waals surface area contributed by atoms with Crippen LogP contribution in [0.15, 0.2) is 24.3 Å². The summed E-state index contributed by atoms with van der Waals surface area (Å²) in [4.78, 5) is 0. The number of nitrogens with zero attached hydrogens (tertiary/aromatic N) is 1. The summed E-state index contributed by atoms with van der Waals surface area (Å²) in [6.07, 6.45) is 0.252. The third kappa shape index (κ3) is 3.38. The molecule has 0 spiro atoms. The van der Waals surface area contributed by atoms with E-state index in [1.54, 1.807) is 6.92 Å². The first-order chi connectivity index (χ1) is 9.44. The van der Waals surface area contributed by atoms with Gasteiger partial charge in [-0.1, -0.05) is 24.3 Å². The SMILES string of the molecule is CC(O)C1CCN(S(=O)(=O)Cc2ccccc2CN)C1. The minimum absolute atomic E-state index is 0.0209. The topological polar surface area (TPSA) is 83.6 Å². The van der Waals surface area contributed by atoms with Crippen LogP contribution in [0.25, 0.3) is 0 Å². The summed E-state index contributed by atoms with van der Waals surface area (Å²) in [6, 6.07) is 7.35. The summed E-state index contributed by atoms with van der Waals surface area (Å²) in [5.74, 6) is 0.0157. The van der Waals surface area contributed by atoms with Crippen molar-refractivity contribution in [3.63, 3.8) is 0 Å².